The Morgan fingerprint density at radius 2 is 2.32 bits per heavy atom. The summed E-state index contributed by atoms with van der Waals surface area (Å²) in [5.41, 5.74) is -0.00619. The van der Waals surface area contributed by atoms with Crippen molar-refractivity contribution in [1.29, 1.82) is 0 Å². The van der Waals surface area contributed by atoms with Crippen molar-refractivity contribution in [3.05, 3.63) is 28.1 Å². The van der Waals surface area contributed by atoms with E-state index >= 15 is 0 Å². The number of nitro groups is 1. The highest BCUT2D eigenvalue weighted by Crippen LogP contribution is 2.35. The Labute approximate surface area is 110 Å². The number of halogens is 1. The second-order valence-electron chi connectivity index (χ2n) is 4.45. The zero-order valence-electron chi connectivity index (χ0n) is 10.9. The molecule has 0 aromatic heterocycles. The maximum absolute atomic E-state index is 14.0. The van der Waals surface area contributed by atoms with Gasteiger partial charge in [-0.1, -0.05) is 0 Å². The van der Waals surface area contributed by atoms with Gasteiger partial charge >= 0.3 is 5.69 Å². The summed E-state index contributed by atoms with van der Waals surface area (Å²) in [5.74, 6) is -0.515. The van der Waals surface area contributed by atoms with Gasteiger partial charge < -0.3 is 15.0 Å². The van der Waals surface area contributed by atoms with Gasteiger partial charge in [0, 0.05) is 25.2 Å². The van der Waals surface area contributed by atoms with Gasteiger partial charge in [-0.15, -0.1) is 0 Å². The van der Waals surface area contributed by atoms with Gasteiger partial charge in [0.05, 0.1) is 23.8 Å². The van der Waals surface area contributed by atoms with Gasteiger partial charge in [-0.3, -0.25) is 10.1 Å². The molecule has 104 valence electrons. The summed E-state index contributed by atoms with van der Waals surface area (Å²) in [6, 6.07) is 2.62. The van der Waals surface area contributed by atoms with E-state index in [1.807, 2.05) is 11.9 Å². The third kappa shape index (κ3) is 2.60. The fraction of sp³-hybridized carbons (Fsp3) is 0.500. The molecule has 6 nitrogen and oxygen atoms in total. The minimum absolute atomic E-state index is 0.0781. The molecular weight excluding hydrogens is 253 g/mol. The number of ether oxygens (including phenoxy) is 1. The minimum Gasteiger partial charge on any atom is -0.490 e. The lowest BCUT2D eigenvalue weighted by molar-refractivity contribution is -0.385. The summed E-state index contributed by atoms with van der Waals surface area (Å²) < 4.78 is 19.0. The summed E-state index contributed by atoms with van der Waals surface area (Å²) in [7, 11) is 3.20. The van der Waals surface area contributed by atoms with Crippen molar-refractivity contribution < 1.29 is 14.1 Å². The average molecular weight is 269 g/mol. The third-order valence-electron chi connectivity index (χ3n) is 3.38. The number of benzene rings is 1. The molecule has 1 aliphatic heterocycles. The highest BCUT2D eigenvalue weighted by atomic mass is 19.1. The van der Waals surface area contributed by atoms with Crippen molar-refractivity contribution in [1.82, 2.24) is 5.32 Å². The second-order valence-corrected chi connectivity index (χ2v) is 4.45. The standard InChI is InChI=1S/C12H16FN3O3/c1-14-8-3-4-15(7-8)10-6-12(19-2)11(16(17)18)5-9(10)13/h5-6,8,14H,3-4,7H2,1-2H3. The molecule has 2 rings (SSSR count). The first-order chi connectivity index (χ1) is 9.06. The molecule has 1 unspecified atom stereocenters. The molecule has 1 N–H and O–H groups in total. The topological polar surface area (TPSA) is 67.6 Å². The SMILES string of the molecule is CNC1CCN(c2cc(OC)c([N+](=O)[O-])cc2F)C1. The first-order valence-corrected chi connectivity index (χ1v) is 6.01. The van der Waals surface area contributed by atoms with Gasteiger partial charge in [0.2, 0.25) is 0 Å². The van der Waals surface area contributed by atoms with Gasteiger partial charge in [-0.25, -0.2) is 4.39 Å². The predicted molar refractivity (Wildman–Crippen MR) is 69.3 cm³/mol. The van der Waals surface area contributed by atoms with Crippen molar-refractivity contribution in [2.24, 2.45) is 0 Å². The van der Waals surface area contributed by atoms with Gasteiger partial charge in [0.15, 0.2) is 11.6 Å². The van der Waals surface area contributed by atoms with E-state index in [0.29, 0.717) is 24.8 Å². The average Bonchev–Trinajstić information content (AvgIpc) is 2.86. The molecule has 0 aliphatic carbocycles. The Morgan fingerprint density at radius 3 is 2.84 bits per heavy atom. The summed E-state index contributed by atoms with van der Waals surface area (Å²) >= 11 is 0. The Balaban J connectivity index is 2.34. The predicted octanol–water partition coefficient (Wildman–Crippen LogP) is 1.54. The maximum Gasteiger partial charge on any atom is 0.313 e. The number of nitrogens with one attached hydrogen (secondary N) is 1. The number of hydrogen-bond donors (Lipinski definition) is 1. The lowest BCUT2D eigenvalue weighted by Crippen LogP contribution is -2.29. The highest BCUT2D eigenvalue weighted by Gasteiger charge is 2.26. The van der Waals surface area contributed by atoms with E-state index < -0.39 is 10.7 Å². The van der Waals surface area contributed by atoms with E-state index in [1.54, 1.807) is 0 Å². The van der Waals surface area contributed by atoms with Crippen molar-refractivity contribution in [3.63, 3.8) is 0 Å². The van der Waals surface area contributed by atoms with Gasteiger partial charge in [-0.2, -0.15) is 0 Å². The Kier molecular flexibility index (Phi) is 3.84. The fourth-order valence-corrected chi connectivity index (χ4v) is 2.30. The summed E-state index contributed by atoms with van der Waals surface area (Å²) in [5, 5.41) is 13.9. The lowest BCUT2D eigenvalue weighted by Gasteiger charge is -2.20. The molecule has 1 fully saturated rings. The first-order valence-electron chi connectivity index (χ1n) is 6.01. The molecule has 7 heteroatoms. The number of anilines is 1. The van der Waals surface area contributed by atoms with E-state index in [-0.39, 0.29) is 11.4 Å². The largest absolute Gasteiger partial charge is 0.490 e. The van der Waals surface area contributed by atoms with Crippen LogP contribution < -0.4 is 15.0 Å². The number of nitro benzene ring substituents is 1. The Bertz CT molecular complexity index is 495. The number of hydrogen-bond acceptors (Lipinski definition) is 5. The number of likely N-dealkylation sites (N-methyl/N-ethyl adjacent to an activating group) is 1. The van der Waals surface area contributed by atoms with Crippen LogP contribution in [0.5, 0.6) is 5.75 Å². The smallest absolute Gasteiger partial charge is 0.313 e. The molecule has 0 radical (unpaired) electrons. The number of rotatable bonds is 4. The third-order valence-corrected chi connectivity index (χ3v) is 3.38. The number of methoxy groups -OCH3 is 1. The molecule has 1 saturated heterocycles. The van der Waals surface area contributed by atoms with E-state index in [4.69, 9.17) is 4.74 Å². The van der Waals surface area contributed by atoms with Gasteiger partial charge in [0.1, 0.15) is 0 Å². The zero-order chi connectivity index (χ0) is 14.0. The van der Waals surface area contributed by atoms with E-state index in [0.717, 1.165) is 12.5 Å². The molecule has 0 bridgehead atoms. The van der Waals surface area contributed by atoms with Gasteiger partial charge in [0.25, 0.3) is 0 Å². The van der Waals surface area contributed by atoms with Crippen LogP contribution in [0.2, 0.25) is 0 Å². The maximum atomic E-state index is 14.0. The molecular formula is C12H16FN3O3. The van der Waals surface area contributed by atoms with Crippen LogP contribution in [0.1, 0.15) is 6.42 Å². The molecule has 1 heterocycles. The van der Waals surface area contributed by atoms with E-state index in [1.165, 1.54) is 13.2 Å². The molecule has 0 spiro atoms. The van der Waals surface area contributed by atoms with Crippen molar-refractivity contribution in [2.45, 2.75) is 12.5 Å². The van der Waals surface area contributed by atoms with Crippen molar-refractivity contribution >= 4 is 11.4 Å². The summed E-state index contributed by atoms with van der Waals surface area (Å²) in [6.45, 7) is 1.39. The van der Waals surface area contributed by atoms with Crippen molar-refractivity contribution in [3.8, 4) is 5.75 Å². The quantitative estimate of drug-likeness (QED) is 0.663. The Morgan fingerprint density at radius 1 is 1.58 bits per heavy atom. The van der Waals surface area contributed by atoms with Crippen LogP contribution in [0.15, 0.2) is 12.1 Å². The first kappa shape index (κ1) is 13.5. The van der Waals surface area contributed by atoms with Crippen LogP contribution in [0, 0.1) is 15.9 Å². The van der Waals surface area contributed by atoms with E-state index in [9.17, 15) is 14.5 Å². The number of nitrogens with zero attached hydrogens (tertiary/aromatic N) is 2. The molecule has 1 aromatic carbocycles. The Hall–Kier alpha value is -1.89. The molecule has 0 saturated carbocycles. The minimum atomic E-state index is -0.647. The highest BCUT2D eigenvalue weighted by molar-refractivity contribution is 5.60. The van der Waals surface area contributed by atoms with Crippen LogP contribution >= 0.6 is 0 Å². The van der Waals surface area contributed by atoms with Crippen LogP contribution in [-0.4, -0.2) is 38.2 Å². The second kappa shape index (κ2) is 5.40. The molecule has 19 heavy (non-hydrogen) atoms. The fourth-order valence-electron chi connectivity index (χ4n) is 2.30. The normalized spacial score (nSPS) is 18.7. The summed E-state index contributed by atoms with van der Waals surface area (Å²) in [6.07, 6.45) is 0.912. The monoisotopic (exact) mass is 269 g/mol. The molecule has 0 amide bonds. The van der Waals surface area contributed by atoms with Gasteiger partial charge in [-0.05, 0) is 13.5 Å². The molecule has 1 aliphatic rings. The molecule has 1 aromatic rings. The lowest BCUT2D eigenvalue weighted by atomic mass is 10.2. The summed E-state index contributed by atoms with van der Waals surface area (Å²) in [4.78, 5) is 12.0. The van der Waals surface area contributed by atoms with Crippen LogP contribution in [0.4, 0.5) is 15.8 Å². The van der Waals surface area contributed by atoms with Crippen LogP contribution in [-0.2, 0) is 0 Å². The zero-order valence-corrected chi connectivity index (χ0v) is 10.9. The van der Waals surface area contributed by atoms with Crippen LogP contribution in [0.25, 0.3) is 0 Å². The van der Waals surface area contributed by atoms with Crippen LogP contribution in [0.3, 0.4) is 0 Å². The molecule has 1 atom stereocenters. The van der Waals surface area contributed by atoms with Crippen molar-refractivity contribution in [2.75, 3.05) is 32.1 Å². The van der Waals surface area contributed by atoms with E-state index in [2.05, 4.69) is 5.32 Å².